The van der Waals surface area contributed by atoms with Crippen LogP contribution in [0.2, 0.25) is 10.3 Å². The van der Waals surface area contributed by atoms with Gasteiger partial charge in [0.15, 0.2) is 11.0 Å². The van der Waals surface area contributed by atoms with Gasteiger partial charge in [-0.25, -0.2) is 4.98 Å². The standard InChI is InChI=1S/C14H8Cl2N4O/c15-11-5-6-13(20-19-11)18-14(21)9-7-12(16)17-10-4-2-1-3-8(9)10/h1-7H,(H,18,20,21). The molecule has 3 rings (SSSR count). The minimum Gasteiger partial charge on any atom is -0.305 e. The van der Waals surface area contributed by atoms with Crippen LogP contribution in [-0.2, 0) is 0 Å². The molecule has 0 radical (unpaired) electrons. The quantitative estimate of drug-likeness (QED) is 0.733. The van der Waals surface area contributed by atoms with Gasteiger partial charge in [0, 0.05) is 5.39 Å². The van der Waals surface area contributed by atoms with E-state index < -0.39 is 0 Å². The molecule has 0 saturated carbocycles. The van der Waals surface area contributed by atoms with E-state index in [2.05, 4.69) is 20.5 Å². The third kappa shape index (κ3) is 2.94. The summed E-state index contributed by atoms with van der Waals surface area (Å²) in [4.78, 5) is 16.5. The van der Waals surface area contributed by atoms with Crippen LogP contribution < -0.4 is 5.32 Å². The van der Waals surface area contributed by atoms with Crippen molar-refractivity contribution in [2.45, 2.75) is 0 Å². The van der Waals surface area contributed by atoms with Crippen LogP contribution in [-0.4, -0.2) is 21.1 Å². The van der Waals surface area contributed by atoms with E-state index in [0.29, 0.717) is 22.3 Å². The van der Waals surface area contributed by atoms with Crippen LogP contribution in [0.15, 0.2) is 42.5 Å². The second-order valence-corrected chi connectivity index (χ2v) is 4.98. The molecule has 1 amide bonds. The highest BCUT2D eigenvalue weighted by atomic mass is 35.5. The number of carbonyl (C=O) groups excluding carboxylic acids is 1. The van der Waals surface area contributed by atoms with Crippen LogP contribution in [0.3, 0.4) is 0 Å². The number of rotatable bonds is 2. The van der Waals surface area contributed by atoms with E-state index in [0.717, 1.165) is 0 Å². The van der Waals surface area contributed by atoms with E-state index in [-0.39, 0.29) is 16.2 Å². The Morgan fingerprint density at radius 2 is 1.81 bits per heavy atom. The number of para-hydroxylation sites is 1. The van der Waals surface area contributed by atoms with E-state index in [9.17, 15) is 4.79 Å². The Morgan fingerprint density at radius 1 is 1.00 bits per heavy atom. The molecular formula is C14H8Cl2N4O. The van der Waals surface area contributed by atoms with E-state index in [4.69, 9.17) is 23.2 Å². The number of aromatic nitrogens is 3. The fraction of sp³-hybridized carbons (Fsp3) is 0. The number of hydrogen-bond acceptors (Lipinski definition) is 4. The van der Waals surface area contributed by atoms with Gasteiger partial charge in [-0.05, 0) is 24.3 Å². The van der Waals surface area contributed by atoms with Gasteiger partial charge in [-0.1, -0.05) is 41.4 Å². The molecule has 5 nitrogen and oxygen atoms in total. The van der Waals surface area contributed by atoms with E-state index in [1.807, 2.05) is 12.1 Å². The number of fused-ring (bicyclic) bond motifs is 1. The maximum Gasteiger partial charge on any atom is 0.257 e. The number of hydrogen-bond donors (Lipinski definition) is 1. The minimum atomic E-state index is -0.341. The fourth-order valence-electron chi connectivity index (χ4n) is 1.90. The number of anilines is 1. The molecule has 104 valence electrons. The van der Waals surface area contributed by atoms with Crippen molar-refractivity contribution in [2.75, 3.05) is 5.32 Å². The Bertz CT molecular complexity index is 821. The summed E-state index contributed by atoms with van der Waals surface area (Å²) >= 11 is 11.6. The third-order valence-electron chi connectivity index (χ3n) is 2.80. The number of nitrogens with zero attached hydrogens (tertiary/aromatic N) is 3. The van der Waals surface area contributed by atoms with Crippen molar-refractivity contribution in [2.24, 2.45) is 0 Å². The predicted molar refractivity (Wildman–Crippen MR) is 81.7 cm³/mol. The predicted octanol–water partition coefficient (Wildman–Crippen LogP) is 3.58. The lowest BCUT2D eigenvalue weighted by Gasteiger charge is -2.07. The van der Waals surface area contributed by atoms with E-state index in [1.165, 1.54) is 6.07 Å². The van der Waals surface area contributed by atoms with Crippen molar-refractivity contribution in [3.05, 3.63) is 58.3 Å². The number of nitrogens with one attached hydrogen (secondary N) is 1. The molecule has 1 aromatic carbocycles. The van der Waals surface area contributed by atoms with Gasteiger partial charge in [-0.15, -0.1) is 10.2 Å². The highest BCUT2D eigenvalue weighted by Gasteiger charge is 2.13. The maximum absolute atomic E-state index is 12.4. The summed E-state index contributed by atoms with van der Waals surface area (Å²) in [6.45, 7) is 0. The number of pyridine rings is 1. The van der Waals surface area contributed by atoms with Crippen LogP contribution in [0.5, 0.6) is 0 Å². The Hall–Kier alpha value is -2.24. The van der Waals surface area contributed by atoms with Crippen LogP contribution in [0.25, 0.3) is 10.9 Å². The zero-order chi connectivity index (χ0) is 14.8. The Morgan fingerprint density at radius 3 is 2.57 bits per heavy atom. The van der Waals surface area contributed by atoms with Crippen molar-refractivity contribution < 1.29 is 4.79 Å². The lowest BCUT2D eigenvalue weighted by molar-refractivity contribution is 0.102. The Labute approximate surface area is 129 Å². The molecule has 0 fully saturated rings. The van der Waals surface area contributed by atoms with Gasteiger partial charge in [0.2, 0.25) is 0 Å². The highest BCUT2D eigenvalue weighted by Crippen LogP contribution is 2.21. The second-order valence-electron chi connectivity index (χ2n) is 4.21. The third-order valence-corrected chi connectivity index (χ3v) is 3.20. The lowest BCUT2D eigenvalue weighted by atomic mass is 10.1. The molecule has 0 aliphatic heterocycles. The minimum absolute atomic E-state index is 0.251. The van der Waals surface area contributed by atoms with Crippen molar-refractivity contribution in [3.63, 3.8) is 0 Å². The van der Waals surface area contributed by atoms with Gasteiger partial charge in [-0.2, -0.15) is 0 Å². The normalized spacial score (nSPS) is 10.6. The van der Waals surface area contributed by atoms with Crippen LogP contribution in [0, 0.1) is 0 Å². The van der Waals surface area contributed by atoms with Crippen LogP contribution >= 0.6 is 23.2 Å². The molecule has 0 aliphatic carbocycles. The van der Waals surface area contributed by atoms with Gasteiger partial charge in [0.1, 0.15) is 5.15 Å². The van der Waals surface area contributed by atoms with Crippen molar-refractivity contribution in [1.29, 1.82) is 0 Å². The van der Waals surface area contributed by atoms with E-state index in [1.54, 1.807) is 24.3 Å². The van der Waals surface area contributed by atoms with Gasteiger partial charge in [0.05, 0.1) is 11.1 Å². The summed E-state index contributed by atoms with van der Waals surface area (Å²) in [5, 5.41) is 11.3. The molecule has 7 heteroatoms. The molecule has 2 aromatic heterocycles. The second kappa shape index (κ2) is 5.63. The molecule has 0 atom stereocenters. The van der Waals surface area contributed by atoms with Crippen molar-refractivity contribution in [3.8, 4) is 0 Å². The number of halogens is 2. The summed E-state index contributed by atoms with van der Waals surface area (Å²) in [7, 11) is 0. The molecule has 0 unspecified atom stereocenters. The SMILES string of the molecule is O=C(Nc1ccc(Cl)nn1)c1cc(Cl)nc2ccccc12. The lowest BCUT2D eigenvalue weighted by Crippen LogP contribution is -2.14. The molecule has 1 N–H and O–H groups in total. The number of amides is 1. The molecule has 2 heterocycles. The van der Waals surface area contributed by atoms with Gasteiger partial charge >= 0.3 is 0 Å². The Kier molecular flexibility index (Phi) is 3.68. The highest BCUT2D eigenvalue weighted by molar-refractivity contribution is 6.31. The van der Waals surface area contributed by atoms with E-state index >= 15 is 0 Å². The Balaban J connectivity index is 1.99. The summed E-state index contributed by atoms with van der Waals surface area (Å²) in [6.07, 6.45) is 0. The molecule has 0 spiro atoms. The molecule has 3 aromatic rings. The summed E-state index contributed by atoms with van der Waals surface area (Å²) < 4.78 is 0. The van der Waals surface area contributed by atoms with Crippen LogP contribution in [0.1, 0.15) is 10.4 Å². The molecular weight excluding hydrogens is 311 g/mol. The average molecular weight is 319 g/mol. The molecule has 21 heavy (non-hydrogen) atoms. The summed E-state index contributed by atoms with van der Waals surface area (Å²) in [5.41, 5.74) is 1.07. The topological polar surface area (TPSA) is 67.8 Å². The first-order valence-electron chi connectivity index (χ1n) is 5.99. The number of carbonyl (C=O) groups is 1. The smallest absolute Gasteiger partial charge is 0.257 e. The first-order valence-corrected chi connectivity index (χ1v) is 6.75. The maximum atomic E-state index is 12.4. The van der Waals surface area contributed by atoms with Crippen molar-refractivity contribution >= 4 is 45.8 Å². The average Bonchev–Trinajstić information content (AvgIpc) is 2.48. The monoisotopic (exact) mass is 318 g/mol. The summed E-state index contributed by atoms with van der Waals surface area (Å²) in [6, 6.07) is 11.9. The molecule has 0 saturated heterocycles. The first kappa shape index (κ1) is 13.7. The zero-order valence-corrected chi connectivity index (χ0v) is 12.1. The molecule has 0 bridgehead atoms. The van der Waals surface area contributed by atoms with Crippen LogP contribution in [0.4, 0.5) is 5.82 Å². The summed E-state index contributed by atoms with van der Waals surface area (Å²) in [5.74, 6) is -0.0338. The fourth-order valence-corrected chi connectivity index (χ4v) is 2.20. The van der Waals surface area contributed by atoms with Crippen molar-refractivity contribution in [1.82, 2.24) is 15.2 Å². The largest absolute Gasteiger partial charge is 0.305 e. The van der Waals surface area contributed by atoms with Gasteiger partial charge in [0.25, 0.3) is 5.91 Å². The molecule has 0 aliphatic rings. The van der Waals surface area contributed by atoms with Gasteiger partial charge < -0.3 is 5.32 Å². The first-order chi connectivity index (χ1) is 10.1. The van der Waals surface area contributed by atoms with Gasteiger partial charge in [-0.3, -0.25) is 4.79 Å². The number of benzene rings is 1. The zero-order valence-electron chi connectivity index (χ0n) is 10.5.